The van der Waals surface area contributed by atoms with Crippen molar-refractivity contribution in [2.75, 3.05) is 31.1 Å². The molecule has 0 N–H and O–H groups in total. The van der Waals surface area contributed by atoms with Crippen LogP contribution in [0.2, 0.25) is 0 Å². The van der Waals surface area contributed by atoms with E-state index in [1.54, 1.807) is 6.26 Å². The minimum atomic E-state index is 0.175. The topological polar surface area (TPSA) is 41.7 Å². The molecule has 0 atom stereocenters. The molecule has 1 fully saturated rings. The van der Waals surface area contributed by atoms with Gasteiger partial charge in [0.05, 0.1) is 29.9 Å². The lowest BCUT2D eigenvalue weighted by Crippen LogP contribution is -2.46. The molecule has 1 saturated heterocycles. The van der Waals surface area contributed by atoms with E-state index in [1.807, 2.05) is 12.1 Å². The second-order valence-electron chi connectivity index (χ2n) is 6.26. The highest BCUT2D eigenvalue weighted by Crippen LogP contribution is 2.29. The fourth-order valence-corrected chi connectivity index (χ4v) is 3.02. The van der Waals surface area contributed by atoms with Crippen LogP contribution in [0.1, 0.15) is 25.4 Å². The van der Waals surface area contributed by atoms with Crippen LogP contribution >= 0.6 is 11.6 Å². The van der Waals surface area contributed by atoms with E-state index in [9.17, 15) is 0 Å². The lowest BCUT2D eigenvalue weighted by Gasteiger charge is -2.36. The number of hydrogen-bond donors (Lipinski definition) is 0. The van der Waals surface area contributed by atoms with Crippen molar-refractivity contribution < 1.29 is 9.15 Å². The second-order valence-corrected chi connectivity index (χ2v) is 6.53. The van der Waals surface area contributed by atoms with Gasteiger partial charge >= 0.3 is 0 Å². The molecular formula is C18H24ClN3O2. The van der Waals surface area contributed by atoms with Crippen LogP contribution in [0.15, 0.2) is 34.9 Å². The Morgan fingerprint density at radius 1 is 1.21 bits per heavy atom. The number of hydrogen-bond acceptors (Lipinski definition) is 5. The van der Waals surface area contributed by atoms with Gasteiger partial charge in [0.25, 0.3) is 0 Å². The molecule has 130 valence electrons. The fraction of sp³-hybridized carbons (Fsp3) is 0.500. The summed E-state index contributed by atoms with van der Waals surface area (Å²) in [5.41, 5.74) is 1.97. The van der Waals surface area contributed by atoms with Gasteiger partial charge in [0.15, 0.2) is 0 Å². The number of alkyl halides is 1. The Bertz CT molecular complexity index is 651. The van der Waals surface area contributed by atoms with E-state index in [2.05, 4.69) is 40.8 Å². The number of nitrogens with zero attached hydrogens (tertiary/aromatic N) is 3. The minimum absolute atomic E-state index is 0.175. The highest BCUT2D eigenvalue weighted by atomic mass is 35.5. The maximum atomic E-state index is 5.94. The monoisotopic (exact) mass is 349 g/mol. The molecule has 1 aliphatic rings. The van der Waals surface area contributed by atoms with Gasteiger partial charge in [-0.1, -0.05) is 12.1 Å². The van der Waals surface area contributed by atoms with Crippen LogP contribution in [0, 0.1) is 0 Å². The van der Waals surface area contributed by atoms with E-state index in [0.29, 0.717) is 5.88 Å². The molecule has 3 rings (SSSR count). The predicted molar refractivity (Wildman–Crippen MR) is 95.8 cm³/mol. The fourth-order valence-electron chi connectivity index (χ4n) is 2.89. The van der Waals surface area contributed by atoms with Crippen LogP contribution in [0.5, 0.6) is 5.75 Å². The third kappa shape index (κ3) is 4.22. The molecule has 0 radical (unpaired) electrons. The number of rotatable bonds is 6. The van der Waals surface area contributed by atoms with Gasteiger partial charge in [-0.15, -0.1) is 11.6 Å². The summed E-state index contributed by atoms with van der Waals surface area (Å²) in [6.45, 7) is 8.70. The summed E-state index contributed by atoms with van der Waals surface area (Å²) < 4.78 is 11.4. The van der Waals surface area contributed by atoms with E-state index in [-0.39, 0.29) is 6.10 Å². The van der Waals surface area contributed by atoms with Crippen LogP contribution < -0.4 is 9.64 Å². The number of oxazole rings is 1. The maximum Gasteiger partial charge on any atom is 0.208 e. The average Bonchev–Trinajstić information content (AvgIpc) is 3.03. The van der Waals surface area contributed by atoms with Crippen molar-refractivity contribution in [2.45, 2.75) is 32.4 Å². The molecule has 2 aromatic rings. The molecule has 0 bridgehead atoms. The first kappa shape index (κ1) is 17.1. The number of halogens is 1. The Balaban J connectivity index is 1.59. The lowest BCUT2D eigenvalue weighted by molar-refractivity contribution is 0.222. The molecule has 1 aromatic carbocycles. The van der Waals surface area contributed by atoms with E-state index >= 15 is 0 Å². The van der Waals surface area contributed by atoms with Crippen molar-refractivity contribution in [2.24, 2.45) is 0 Å². The van der Waals surface area contributed by atoms with Crippen molar-refractivity contribution in [3.05, 3.63) is 42.1 Å². The summed E-state index contributed by atoms with van der Waals surface area (Å²) in [5.74, 6) is 2.09. The zero-order valence-corrected chi connectivity index (χ0v) is 15.0. The number of ether oxygens (including phenoxy) is 1. The van der Waals surface area contributed by atoms with Gasteiger partial charge in [0, 0.05) is 26.2 Å². The van der Waals surface area contributed by atoms with E-state index < -0.39 is 0 Å². The highest BCUT2D eigenvalue weighted by Gasteiger charge is 2.21. The van der Waals surface area contributed by atoms with Crippen LogP contribution in [-0.2, 0) is 12.4 Å². The van der Waals surface area contributed by atoms with Gasteiger partial charge in [-0.3, -0.25) is 4.90 Å². The number of benzene rings is 1. The zero-order chi connectivity index (χ0) is 16.9. The third-order valence-electron chi connectivity index (χ3n) is 4.04. The van der Waals surface area contributed by atoms with E-state index in [4.69, 9.17) is 20.8 Å². The summed E-state index contributed by atoms with van der Waals surface area (Å²) in [7, 11) is 0. The third-order valence-corrected chi connectivity index (χ3v) is 4.31. The average molecular weight is 350 g/mol. The summed E-state index contributed by atoms with van der Waals surface area (Å²) in [5, 5.41) is 0. The zero-order valence-electron chi connectivity index (χ0n) is 14.2. The smallest absolute Gasteiger partial charge is 0.208 e. The summed E-state index contributed by atoms with van der Waals surface area (Å²) in [6.07, 6.45) is 1.81. The Hall–Kier alpha value is -1.72. The van der Waals surface area contributed by atoms with Gasteiger partial charge in [-0.05, 0) is 26.0 Å². The van der Waals surface area contributed by atoms with Crippen molar-refractivity contribution >= 4 is 17.3 Å². The minimum Gasteiger partial charge on any atom is -0.489 e. The second kappa shape index (κ2) is 7.90. The van der Waals surface area contributed by atoms with Crippen LogP contribution in [0.3, 0.4) is 0 Å². The molecule has 5 nitrogen and oxygen atoms in total. The van der Waals surface area contributed by atoms with Gasteiger partial charge in [0.1, 0.15) is 12.0 Å². The SMILES string of the molecule is CC(C)Oc1ccccc1N1CCN(Cc2nc(CCl)co2)CC1. The molecule has 1 aromatic heterocycles. The van der Waals surface area contributed by atoms with Crippen LogP contribution in [0.4, 0.5) is 5.69 Å². The molecule has 1 aliphatic heterocycles. The van der Waals surface area contributed by atoms with Crippen molar-refractivity contribution in [1.82, 2.24) is 9.88 Å². The first-order valence-electron chi connectivity index (χ1n) is 8.38. The Morgan fingerprint density at radius 2 is 1.96 bits per heavy atom. The van der Waals surface area contributed by atoms with Crippen LogP contribution in [0.25, 0.3) is 0 Å². The standard InChI is InChI=1S/C18H24ClN3O2/c1-14(2)24-17-6-4-3-5-16(17)22-9-7-21(8-10-22)12-18-20-15(11-19)13-23-18/h3-6,13-14H,7-12H2,1-2H3. The number of piperazine rings is 1. The molecule has 2 heterocycles. The number of aromatic nitrogens is 1. The highest BCUT2D eigenvalue weighted by molar-refractivity contribution is 6.16. The first-order valence-corrected chi connectivity index (χ1v) is 8.91. The number of anilines is 1. The van der Waals surface area contributed by atoms with Crippen molar-refractivity contribution in [3.8, 4) is 5.75 Å². The number of para-hydroxylation sites is 2. The van der Waals surface area contributed by atoms with Gasteiger partial charge in [-0.25, -0.2) is 4.98 Å². The van der Waals surface area contributed by atoms with Crippen molar-refractivity contribution in [1.29, 1.82) is 0 Å². The quantitative estimate of drug-likeness (QED) is 0.746. The molecular weight excluding hydrogens is 326 g/mol. The van der Waals surface area contributed by atoms with Crippen LogP contribution in [-0.4, -0.2) is 42.2 Å². The molecule has 0 saturated carbocycles. The molecule has 24 heavy (non-hydrogen) atoms. The van der Waals surface area contributed by atoms with E-state index in [1.165, 1.54) is 5.69 Å². The van der Waals surface area contributed by atoms with Gasteiger partial charge in [0.2, 0.25) is 5.89 Å². The molecule has 0 amide bonds. The van der Waals surface area contributed by atoms with Gasteiger partial charge in [-0.2, -0.15) is 0 Å². The van der Waals surface area contributed by atoms with E-state index in [0.717, 1.165) is 50.1 Å². The Labute approximate surface area is 148 Å². The maximum absolute atomic E-state index is 5.94. The van der Waals surface area contributed by atoms with Crippen molar-refractivity contribution in [3.63, 3.8) is 0 Å². The molecule has 0 aliphatic carbocycles. The summed E-state index contributed by atoms with van der Waals surface area (Å²) >= 11 is 5.77. The summed E-state index contributed by atoms with van der Waals surface area (Å²) in [6, 6.07) is 8.26. The Kier molecular flexibility index (Phi) is 5.63. The summed E-state index contributed by atoms with van der Waals surface area (Å²) in [4.78, 5) is 9.11. The lowest BCUT2D eigenvalue weighted by atomic mass is 10.2. The molecule has 6 heteroatoms. The first-order chi connectivity index (χ1) is 11.7. The molecule has 0 spiro atoms. The Morgan fingerprint density at radius 3 is 2.62 bits per heavy atom. The normalized spacial score (nSPS) is 15.9. The molecule has 0 unspecified atom stereocenters. The largest absolute Gasteiger partial charge is 0.489 e. The van der Waals surface area contributed by atoms with Gasteiger partial charge < -0.3 is 14.1 Å². The predicted octanol–water partition coefficient (Wildman–Crippen LogP) is 3.52.